The number of imidazole rings is 1. The van der Waals surface area contributed by atoms with Gasteiger partial charge in [0.25, 0.3) is 5.91 Å². The molecule has 0 aliphatic rings. The van der Waals surface area contributed by atoms with Crippen LogP contribution in [-0.4, -0.2) is 34.4 Å². The zero-order valence-electron chi connectivity index (χ0n) is 10.8. The molecule has 1 aromatic heterocycles. The van der Waals surface area contributed by atoms with Gasteiger partial charge in [-0.05, 0) is 18.2 Å². The average Bonchev–Trinajstić information content (AvgIpc) is 2.90. The van der Waals surface area contributed by atoms with Crippen LogP contribution in [0.4, 0.5) is 4.39 Å². The number of nitrogens with one attached hydrogen (secondary N) is 1. The number of likely N-dealkylation sites (N-methyl/N-ethyl adjacent to an activating group) is 1. The van der Waals surface area contributed by atoms with E-state index in [0.29, 0.717) is 16.8 Å². The van der Waals surface area contributed by atoms with Crippen LogP contribution in [0, 0.1) is 5.82 Å². The number of carbonyl (C=O) groups is 1. The van der Waals surface area contributed by atoms with Gasteiger partial charge in [0.1, 0.15) is 5.82 Å². The molecule has 0 bridgehead atoms. The Morgan fingerprint density at radius 3 is 3.00 bits per heavy atom. The Morgan fingerprint density at radius 2 is 2.35 bits per heavy atom. The Balaban J connectivity index is 1.88. The highest BCUT2D eigenvalue weighted by molar-refractivity contribution is 9.10. The lowest BCUT2D eigenvalue weighted by molar-refractivity contribution is -0.132. The maximum absolute atomic E-state index is 13.5. The minimum atomic E-state index is -0.513. The number of ether oxygens (including phenoxy) is 1. The Bertz CT molecular complexity index is 589. The topological polar surface area (TPSA) is 58.2 Å². The fraction of sp³-hybridized carbons (Fsp3) is 0.231. The van der Waals surface area contributed by atoms with Crippen molar-refractivity contribution in [1.82, 2.24) is 14.9 Å². The van der Waals surface area contributed by atoms with Crippen molar-refractivity contribution < 1.29 is 13.9 Å². The highest BCUT2D eigenvalue weighted by Crippen LogP contribution is 2.21. The first-order chi connectivity index (χ1) is 9.56. The summed E-state index contributed by atoms with van der Waals surface area (Å²) >= 11 is 3.15. The standard InChI is InChI=1S/C13H13BrFN3O2/c1-18(7-12-16-4-5-17-12)13(19)8-20-11-3-2-9(14)6-10(11)15/h2-6H,7-8H2,1H3,(H,16,17). The molecule has 2 rings (SSSR count). The summed E-state index contributed by atoms with van der Waals surface area (Å²) in [6.07, 6.45) is 3.29. The van der Waals surface area contributed by atoms with Gasteiger partial charge in [-0.1, -0.05) is 15.9 Å². The predicted octanol–water partition coefficient (Wildman–Crippen LogP) is 2.35. The number of nitrogens with zero attached hydrogens (tertiary/aromatic N) is 2. The van der Waals surface area contributed by atoms with Crippen molar-refractivity contribution in [2.24, 2.45) is 0 Å². The van der Waals surface area contributed by atoms with Crippen molar-refractivity contribution in [1.29, 1.82) is 0 Å². The van der Waals surface area contributed by atoms with E-state index in [2.05, 4.69) is 25.9 Å². The number of benzene rings is 1. The molecule has 0 saturated carbocycles. The number of aromatic nitrogens is 2. The fourth-order valence-corrected chi connectivity index (χ4v) is 1.87. The summed E-state index contributed by atoms with van der Waals surface area (Å²) in [5.41, 5.74) is 0. The summed E-state index contributed by atoms with van der Waals surface area (Å²) in [5, 5.41) is 0. The number of carbonyl (C=O) groups excluding carboxylic acids is 1. The van der Waals surface area contributed by atoms with Crippen LogP contribution in [0.1, 0.15) is 5.82 Å². The lowest BCUT2D eigenvalue weighted by Crippen LogP contribution is -2.31. The molecule has 0 spiro atoms. The van der Waals surface area contributed by atoms with Crippen molar-refractivity contribution in [3.63, 3.8) is 0 Å². The summed E-state index contributed by atoms with van der Waals surface area (Å²) in [4.78, 5) is 20.2. The average molecular weight is 342 g/mol. The van der Waals surface area contributed by atoms with Gasteiger partial charge in [-0.25, -0.2) is 9.37 Å². The van der Waals surface area contributed by atoms with Gasteiger partial charge in [0.05, 0.1) is 6.54 Å². The maximum atomic E-state index is 13.5. The van der Waals surface area contributed by atoms with Crippen LogP contribution >= 0.6 is 15.9 Å². The van der Waals surface area contributed by atoms with Crippen LogP contribution in [0.2, 0.25) is 0 Å². The maximum Gasteiger partial charge on any atom is 0.260 e. The van der Waals surface area contributed by atoms with Crippen molar-refractivity contribution >= 4 is 21.8 Å². The van der Waals surface area contributed by atoms with E-state index >= 15 is 0 Å². The number of hydrogen-bond acceptors (Lipinski definition) is 3. The first-order valence-electron chi connectivity index (χ1n) is 5.86. The second-order valence-electron chi connectivity index (χ2n) is 4.15. The van der Waals surface area contributed by atoms with Gasteiger partial charge >= 0.3 is 0 Å². The quantitative estimate of drug-likeness (QED) is 0.908. The lowest BCUT2D eigenvalue weighted by Gasteiger charge is -2.16. The molecule has 1 amide bonds. The molecule has 1 heterocycles. The normalized spacial score (nSPS) is 10.3. The van der Waals surface area contributed by atoms with E-state index in [1.165, 1.54) is 17.0 Å². The first kappa shape index (κ1) is 14.5. The van der Waals surface area contributed by atoms with Crippen molar-refractivity contribution in [2.45, 2.75) is 6.54 Å². The molecule has 20 heavy (non-hydrogen) atoms. The van der Waals surface area contributed by atoms with E-state index < -0.39 is 5.82 Å². The molecule has 0 fully saturated rings. The van der Waals surface area contributed by atoms with E-state index in [1.54, 1.807) is 25.5 Å². The molecule has 2 aromatic rings. The van der Waals surface area contributed by atoms with Crippen LogP contribution in [0.3, 0.4) is 0 Å². The Hall–Kier alpha value is -1.89. The van der Waals surface area contributed by atoms with E-state index in [-0.39, 0.29) is 18.3 Å². The van der Waals surface area contributed by atoms with Gasteiger partial charge in [0.15, 0.2) is 18.2 Å². The fourth-order valence-electron chi connectivity index (χ4n) is 1.54. The van der Waals surface area contributed by atoms with Crippen LogP contribution in [0.5, 0.6) is 5.75 Å². The van der Waals surface area contributed by atoms with Crippen LogP contribution in [0.25, 0.3) is 0 Å². The number of H-pyrrole nitrogens is 1. The van der Waals surface area contributed by atoms with Crippen molar-refractivity contribution in [3.8, 4) is 5.75 Å². The second-order valence-corrected chi connectivity index (χ2v) is 5.06. The van der Waals surface area contributed by atoms with Crippen LogP contribution < -0.4 is 4.74 Å². The molecule has 0 atom stereocenters. The zero-order valence-corrected chi connectivity index (χ0v) is 12.4. The third kappa shape index (κ3) is 3.80. The third-order valence-corrected chi connectivity index (χ3v) is 3.11. The number of halogens is 2. The van der Waals surface area contributed by atoms with Crippen molar-refractivity contribution in [2.75, 3.05) is 13.7 Å². The van der Waals surface area contributed by atoms with Gasteiger partial charge < -0.3 is 14.6 Å². The minimum Gasteiger partial charge on any atom is -0.481 e. The summed E-state index contributed by atoms with van der Waals surface area (Å²) < 4.78 is 19.3. The van der Waals surface area contributed by atoms with Gasteiger partial charge in [0.2, 0.25) is 0 Å². The third-order valence-electron chi connectivity index (χ3n) is 2.61. The highest BCUT2D eigenvalue weighted by atomic mass is 79.9. The number of aromatic amines is 1. The summed E-state index contributed by atoms with van der Waals surface area (Å²) in [5.74, 6) is -0.0480. The molecule has 1 aromatic carbocycles. The largest absolute Gasteiger partial charge is 0.481 e. The molecule has 7 heteroatoms. The highest BCUT2D eigenvalue weighted by Gasteiger charge is 2.12. The summed E-state index contributed by atoms with van der Waals surface area (Å²) in [7, 11) is 1.63. The molecule has 106 valence electrons. The first-order valence-corrected chi connectivity index (χ1v) is 6.65. The Morgan fingerprint density at radius 1 is 1.55 bits per heavy atom. The zero-order chi connectivity index (χ0) is 14.5. The molecule has 0 aliphatic carbocycles. The molecule has 1 N–H and O–H groups in total. The monoisotopic (exact) mass is 341 g/mol. The summed E-state index contributed by atoms with van der Waals surface area (Å²) in [6, 6.07) is 4.40. The minimum absolute atomic E-state index is 0.0490. The van der Waals surface area contributed by atoms with E-state index in [9.17, 15) is 9.18 Å². The van der Waals surface area contributed by atoms with Crippen molar-refractivity contribution in [3.05, 3.63) is 46.7 Å². The molecule has 0 radical (unpaired) electrons. The van der Waals surface area contributed by atoms with Crippen LogP contribution in [0.15, 0.2) is 35.1 Å². The van der Waals surface area contributed by atoms with Gasteiger partial charge in [-0.2, -0.15) is 0 Å². The number of hydrogen-bond donors (Lipinski definition) is 1. The number of rotatable bonds is 5. The Labute approximate surface area is 123 Å². The Kier molecular flexibility index (Phi) is 4.73. The molecule has 0 saturated heterocycles. The number of amides is 1. The lowest BCUT2D eigenvalue weighted by atomic mass is 10.3. The van der Waals surface area contributed by atoms with E-state index in [1.807, 2.05) is 0 Å². The molecular formula is C13H13BrFN3O2. The molecule has 5 nitrogen and oxygen atoms in total. The molecule has 0 aliphatic heterocycles. The van der Waals surface area contributed by atoms with Gasteiger partial charge in [-0.3, -0.25) is 4.79 Å². The van der Waals surface area contributed by atoms with Gasteiger partial charge in [0, 0.05) is 23.9 Å². The second kappa shape index (κ2) is 6.51. The molecule has 0 unspecified atom stereocenters. The van der Waals surface area contributed by atoms with E-state index in [0.717, 1.165) is 0 Å². The van der Waals surface area contributed by atoms with Crippen LogP contribution in [-0.2, 0) is 11.3 Å². The van der Waals surface area contributed by atoms with Gasteiger partial charge in [-0.15, -0.1) is 0 Å². The molecular weight excluding hydrogens is 329 g/mol. The summed E-state index contributed by atoms with van der Waals surface area (Å²) in [6.45, 7) is 0.119. The smallest absolute Gasteiger partial charge is 0.260 e. The SMILES string of the molecule is CN(Cc1ncc[nH]1)C(=O)COc1ccc(Br)cc1F. The van der Waals surface area contributed by atoms with E-state index in [4.69, 9.17) is 4.74 Å². The predicted molar refractivity (Wildman–Crippen MR) is 74.7 cm³/mol.